The second kappa shape index (κ2) is 5.30. The van der Waals surface area contributed by atoms with Crippen LogP contribution in [0, 0.1) is 0 Å². The van der Waals surface area contributed by atoms with E-state index in [0.717, 1.165) is 12.1 Å². The first-order valence-electron chi connectivity index (χ1n) is 3.38. The number of aromatic hydroxyl groups is 2. The zero-order chi connectivity index (χ0) is 11.4. The van der Waals surface area contributed by atoms with Gasteiger partial charge in [0.05, 0.1) is 12.0 Å². The SMILES string of the molecule is O=S(O)c1cc(SOOO)cc(O)c1O. The minimum absolute atomic E-state index is 0.164. The Labute approximate surface area is 90.6 Å². The first-order chi connectivity index (χ1) is 7.06. The van der Waals surface area contributed by atoms with Crippen molar-refractivity contribution in [1.29, 1.82) is 0 Å². The highest BCUT2D eigenvalue weighted by molar-refractivity contribution is 7.94. The van der Waals surface area contributed by atoms with Crippen LogP contribution in [0.25, 0.3) is 0 Å². The van der Waals surface area contributed by atoms with Gasteiger partial charge in [-0.3, -0.25) is 0 Å². The molecule has 1 atom stereocenters. The molecule has 0 fully saturated rings. The van der Waals surface area contributed by atoms with E-state index in [1.165, 1.54) is 0 Å². The average molecular weight is 254 g/mol. The Bertz CT molecular complexity index is 380. The van der Waals surface area contributed by atoms with Gasteiger partial charge in [-0.15, -0.1) is 4.33 Å². The molecule has 7 nitrogen and oxygen atoms in total. The summed E-state index contributed by atoms with van der Waals surface area (Å²) in [6.07, 6.45) is 0. The van der Waals surface area contributed by atoms with Crippen LogP contribution < -0.4 is 0 Å². The van der Waals surface area contributed by atoms with Crippen LogP contribution in [-0.4, -0.2) is 24.2 Å². The Hall–Kier alpha value is -0.840. The zero-order valence-electron chi connectivity index (χ0n) is 6.98. The maximum atomic E-state index is 10.7. The van der Waals surface area contributed by atoms with Crippen LogP contribution >= 0.6 is 12.0 Å². The topological polar surface area (TPSA) is 116 Å². The van der Waals surface area contributed by atoms with Crippen LogP contribution in [0.15, 0.2) is 21.9 Å². The Morgan fingerprint density at radius 3 is 2.53 bits per heavy atom. The van der Waals surface area contributed by atoms with Crippen molar-refractivity contribution in [3.8, 4) is 11.5 Å². The summed E-state index contributed by atoms with van der Waals surface area (Å²) in [6, 6.07) is 2.16. The molecule has 4 N–H and O–H groups in total. The van der Waals surface area contributed by atoms with Crippen LogP contribution in [0.4, 0.5) is 0 Å². The summed E-state index contributed by atoms with van der Waals surface area (Å²) in [7, 11) is 0. The Kier molecular flexibility index (Phi) is 4.32. The molecule has 84 valence electrons. The van der Waals surface area contributed by atoms with Gasteiger partial charge >= 0.3 is 0 Å². The lowest BCUT2D eigenvalue weighted by Gasteiger charge is -2.05. The number of rotatable bonds is 4. The molecule has 1 aromatic rings. The first-order valence-corrected chi connectivity index (χ1v) is 5.22. The molecule has 0 aliphatic carbocycles. The van der Waals surface area contributed by atoms with E-state index in [2.05, 4.69) is 9.37 Å². The van der Waals surface area contributed by atoms with Crippen molar-refractivity contribution in [3.63, 3.8) is 0 Å². The molecule has 0 saturated carbocycles. The molecule has 0 aliphatic heterocycles. The Morgan fingerprint density at radius 2 is 2.00 bits per heavy atom. The van der Waals surface area contributed by atoms with Crippen molar-refractivity contribution in [2.24, 2.45) is 0 Å². The Balaban J connectivity index is 3.06. The predicted molar refractivity (Wildman–Crippen MR) is 49.5 cm³/mol. The molecule has 15 heavy (non-hydrogen) atoms. The molecule has 0 bridgehead atoms. The fourth-order valence-electron chi connectivity index (χ4n) is 0.804. The number of hydrogen-bond acceptors (Lipinski definition) is 7. The standard InChI is InChI=1S/C6H6O7S2/c7-4-1-3(14-13-12-9)2-5(6(4)8)15(10)11/h1-2,7-9H,(H,10,11). The monoisotopic (exact) mass is 254 g/mol. The second-order valence-electron chi connectivity index (χ2n) is 2.26. The lowest BCUT2D eigenvalue weighted by Crippen LogP contribution is -1.90. The molecule has 1 rings (SSSR count). The highest BCUT2D eigenvalue weighted by Crippen LogP contribution is 2.36. The van der Waals surface area contributed by atoms with E-state index in [1.54, 1.807) is 0 Å². The minimum Gasteiger partial charge on any atom is -0.504 e. The summed E-state index contributed by atoms with van der Waals surface area (Å²) < 4.78 is 23.5. The Morgan fingerprint density at radius 1 is 1.33 bits per heavy atom. The van der Waals surface area contributed by atoms with Gasteiger partial charge in [0.2, 0.25) is 0 Å². The van der Waals surface area contributed by atoms with E-state index in [4.69, 9.17) is 14.9 Å². The van der Waals surface area contributed by atoms with Crippen LogP contribution in [0.3, 0.4) is 0 Å². The molecule has 0 aromatic heterocycles. The quantitative estimate of drug-likeness (QED) is 0.207. The van der Waals surface area contributed by atoms with Gasteiger partial charge in [-0.2, -0.15) is 0 Å². The van der Waals surface area contributed by atoms with Gasteiger partial charge in [0.15, 0.2) is 22.6 Å². The fourth-order valence-corrected chi connectivity index (χ4v) is 1.81. The molecule has 9 heteroatoms. The highest BCUT2D eigenvalue weighted by atomic mass is 32.2. The maximum absolute atomic E-state index is 10.7. The summed E-state index contributed by atoms with van der Waals surface area (Å²) in [5, 5.41) is 29.5. The van der Waals surface area contributed by atoms with Crippen molar-refractivity contribution in [1.82, 2.24) is 0 Å². The van der Waals surface area contributed by atoms with Crippen molar-refractivity contribution in [2.45, 2.75) is 9.79 Å². The van der Waals surface area contributed by atoms with Crippen LogP contribution in [0.1, 0.15) is 0 Å². The third kappa shape index (κ3) is 3.06. The molecule has 0 saturated heterocycles. The van der Waals surface area contributed by atoms with Gasteiger partial charge in [0, 0.05) is 4.90 Å². The first kappa shape index (κ1) is 12.2. The smallest absolute Gasteiger partial charge is 0.190 e. The van der Waals surface area contributed by atoms with Crippen molar-refractivity contribution < 1.29 is 33.6 Å². The van der Waals surface area contributed by atoms with Crippen LogP contribution in [0.5, 0.6) is 11.5 Å². The van der Waals surface area contributed by atoms with Gasteiger partial charge in [-0.25, -0.2) is 9.47 Å². The highest BCUT2D eigenvalue weighted by Gasteiger charge is 2.14. The molecule has 0 heterocycles. The number of benzene rings is 1. The van der Waals surface area contributed by atoms with Gasteiger partial charge in [-0.1, -0.05) is 5.04 Å². The van der Waals surface area contributed by atoms with Crippen molar-refractivity contribution in [3.05, 3.63) is 12.1 Å². The van der Waals surface area contributed by atoms with E-state index in [-0.39, 0.29) is 9.79 Å². The fraction of sp³-hybridized carbons (Fsp3) is 0. The predicted octanol–water partition coefficient (Wildman–Crippen LogP) is 1.11. The summed E-state index contributed by atoms with van der Waals surface area (Å²) in [6.45, 7) is 0. The molecule has 0 aliphatic rings. The molecule has 0 spiro atoms. The third-order valence-electron chi connectivity index (χ3n) is 1.38. The molecule has 0 radical (unpaired) electrons. The van der Waals surface area contributed by atoms with Gasteiger partial charge in [0.25, 0.3) is 0 Å². The molecule has 1 unspecified atom stereocenters. The summed E-state index contributed by atoms with van der Waals surface area (Å²) in [5.41, 5.74) is 0. The van der Waals surface area contributed by atoms with Gasteiger partial charge in [0.1, 0.15) is 4.90 Å². The van der Waals surface area contributed by atoms with E-state index in [1.807, 2.05) is 0 Å². The van der Waals surface area contributed by atoms with Crippen LogP contribution in [-0.2, 0) is 20.5 Å². The normalized spacial score (nSPS) is 12.7. The number of hydrogen-bond donors (Lipinski definition) is 4. The molecular weight excluding hydrogens is 248 g/mol. The number of phenolic OH excluding ortho intramolecular Hbond substituents is 2. The van der Waals surface area contributed by atoms with Crippen LogP contribution in [0.2, 0.25) is 0 Å². The lowest BCUT2D eigenvalue weighted by molar-refractivity contribution is -0.432. The maximum Gasteiger partial charge on any atom is 0.190 e. The summed E-state index contributed by atoms with van der Waals surface area (Å²) >= 11 is -1.96. The zero-order valence-corrected chi connectivity index (χ0v) is 8.62. The van der Waals surface area contributed by atoms with Crippen molar-refractivity contribution >= 4 is 23.1 Å². The van der Waals surface area contributed by atoms with E-state index >= 15 is 0 Å². The largest absolute Gasteiger partial charge is 0.504 e. The third-order valence-corrected chi connectivity index (χ3v) is 2.62. The molecule has 0 amide bonds. The molecular formula is C6H6O7S2. The summed E-state index contributed by atoms with van der Waals surface area (Å²) in [5.74, 6) is -1.27. The van der Waals surface area contributed by atoms with E-state index in [0.29, 0.717) is 12.0 Å². The number of phenols is 2. The second-order valence-corrected chi connectivity index (χ2v) is 3.98. The van der Waals surface area contributed by atoms with Crippen molar-refractivity contribution in [2.75, 3.05) is 0 Å². The summed E-state index contributed by atoms with van der Waals surface area (Å²) in [4.78, 5) is -0.212. The average Bonchev–Trinajstić information content (AvgIpc) is 2.19. The van der Waals surface area contributed by atoms with Gasteiger partial charge in [-0.05, 0) is 12.1 Å². The van der Waals surface area contributed by atoms with E-state index < -0.39 is 22.6 Å². The minimum atomic E-state index is -2.45. The van der Waals surface area contributed by atoms with E-state index in [9.17, 15) is 9.32 Å². The lowest BCUT2D eigenvalue weighted by atomic mass is 10.3. The van der Waals surface area contributed by atoms with Gasteiger partial charge < -0.3 is 14.8 Å². The molecule has 1 aromatic carbocycles.